The molecule has 2 rings (SSSR count). The van der Waals surface area contributed by atoms with Crippen LogP contribution >= 0.6 is 23.8 Å². The van der Waals surface area contributed by atoms with Gasteiger partial charge in [-0.15, -0.1) is 0 Å². The fourth-order valence-corrected chi connectivity index (χ4v) is 1.43. The first-order valence-corrected chi connectivity index (χ1v) is 4.18. The van der Waals surface area contributed by atoms with E-state index in [0.29, 0.717) is 9.78 Å². The molecule has 2 aromatic rings. The van der Waals surface area contributed by atoms with Crippen molar-refractivity contribution in [3.8, 4) is 11.6 Å². The van der Waals surface area contributed by atoms with Crippen LogP contribution in [0.5, 0.6) is 0 Å². The van der Waals surface area contributed by atoms with Gasteiger partial charge < -0.3 is 4.42 Å². The number of furan rings is 1. The van der Waals surface area contributed by atoms with Gasteiger partial charge >= 0.3 is 0 Å². The maximum Gasteiger partial charge on any atom is 0.198 e. The summed E-state index contributed by atoms with van der Waals surface area (Å²) in [5, 5.41) is 0. The Kier molecular flexibility index (Phi) is 1.59. The molecule has 0 saturated carbocycles. The highest BCUT2D eigenvalue weighted by Crippen LogP contribution is 2.15. The molecule has 2 heterocycles. The van der Waals surface area contributed by atoms with Gasteiger partial charge in [0.25, 0.3) is 0 Å². The van der Waals surface area contributed by atoms with E-state index in [4.69, 9.17) is 16.6 Å². The average Bonchev–Trinajstić information content (AvgIpc) is 2.55. The van der Waals surface area contributed by atoms with Crippen molar-refractivity contribution in [2.75, 3.05) is 0 Å². The van der Waals surface area contributed by atoms with Crippen molar-refractivity contribution in [2.24, 2.45) is 0 Å². The van der Waals surface area contributed by atoms with E-state index in [1.165, 1.54) is 11.5 Å². The van der Waals surface area contributed by atoms with E-state index >= 15 is 0 Å². The van der Waals surface area contributed by atoms with Crippen LogP contribution in [0.15, 0.2) is 22.8 Å². The summed E-state index contributed by atoms with van der Waals surface area (Å²) in [5.41, 5.74) is 0. The van der Waals surface area contributed by atoms with Gasteiger partial charge in [0.05, 0.1) is 6.26 Å². The second-order valence-electron chi connectivity index (χ2n) is 1.91. The first-order valence-electron chi connectivity index (χ1n) is 2.95. The smallest absolute Gasteiger partial charge is 0.198 e. The zero-order valence-corrected chi connectivity index (χ0v) is 7.04. The lowest BCUT2D eigenvalue weighted by atomic mass is 10.4. The van der Waals surface area contributed by atoms with Crippen LogP contribution in [0.2, 0.25) is 0 Å². The van der Waals surface area contributed by atoms with Crippen molar-refractivity contribution in [3.05, 3.63) is 22.4 Å². The number of H-pyrrole nitrogens is 1. The molecule has 2 aromatic heterocycles. The van der Waals surface area contributed by atoms with Crippen LogP contribution in [0, 0.1) is 3.95 Å². The number of hydrogen-bond donors (Lipinski definition) is 1. The van der Waals surface area contributed by atoms with E-state index < -0.39 is 0 Å². The van der Waals surface area contributed by atoms with Crippen molar-refractivity contribution in [2.45, 2.75) is 0 Å². The molecule has 0 aromatic carbocycles. The van der Waals surface area contributed by atoms with Gasteiger partial charge in [-0.3, -0.25) is 4.37 Å². The third-order valence-corrected chi connectivity index (χ3v) is 2.10. The molecular weight excluding hydrogens is 180 g/mol. The molecule has 3 nitrogen and oxygen atoms in total. The first-order chi connectivity index (χ1) is 5.36. The quantitative estimate of drug-likeness (QED) is 0.692. The molecule has 0 fully saturated rings. The van der Waals surface area contributed by atoms with Gasteiger partial charge in [-0.25, -0.2) is 4.98 Å². The molecule has 5 heteroatoms. The summed E-state index contributed by atoms with van der Waals surface area (Å²) in [6.07, 6.45) is 1.60. The molecule has 0 radical (unpaired) electrons. The lowest BCUT2D eigenvalue weighted by Gasteiger charge is -1.83. The van der Waals surface area contributed by atoms with Crippen molar-refractivity contribution in [1.29, 1.82) is 0 Å². The number of nitrogens with one attached hydrogen (secondary N) is 1. The summed E-state index contributed by atoms with van der Waals surface area (Å²) in [5.74, 6) is 1.42. The van der Waals surface area contributed by atoms with E-state index in [-0.39, 0.29) is 0 Å². The lowest BCUT2D eigenvalue weighted by Crippen LogP contribution is -1.73. The van der Waals surface area contributed by atoms with Crippen LogP contribution in [0.25, 0.3) is 11.6 Å². The van der Waals surface area contributed by atoms with E-state index in [9.17, 15) is 0 Å². The first kappa shape index (κ1) is 6.75. The molecule has 11 heavy (non-hydrogen) atoms. The third-order valence-electron chi connectivity index (χ3n) is 1.19. The van der Waals surface area contributed by atoms with Gasteiger partial charge in [0.1, 0.15) is 0 Å². The molecule has 0 aliphatic rings. The van der Waals surface area contributed by atoms with E-state index in [1.807, 2.05) is 12.1 Å². The topological polar surface area (TPSA) is 41.8 Å². The standard InChI is InChI=1S/C6H4N2OS2/c10-6-7-5(8-11-6)4-2-1-3-9-4/h1-3H,(H,7,8,10). The Morgan fingerprint density at radius 3 is 3.09 bits per heavy atom. The molecule has 0 aliphatic carbocycles. The van der Waals surface area contributed by atoms with Gasteiger partial charge in [0.2, 0.25) is 0 Å². The van der Waals surface area contributed by atoms with Crippen LogP contribution < -0.4 is 0 Å². The highest BCUT2D eigenvalue weighted by atomic mass is 32.2. The Balaban J connectivity index is 2.53. The maximum atomic E-state index is 5.10. The summed E-state index contributed by atoms with van der Waals surface area (Å²) < 4.78 is 8.63. The molecule has 0 spiro atoms. The second-order valence-corrected chi connectivity index (χ2v) is 3.35. The van der Waals surface area contributed by atoms with Crippen LogP contribution in [-0.4, -0.2) is 9.36 Å². The Hall–Kier alpha value is -0.940. The molecule has 0 amide bonds. The predicted octanol–water partition coefficient (Wildman–Crippen LogP) is 2.46. The van der Waals surface area contributed by atoms with Crippen molar-refractivity contribution in [1.82, 2.24) is 9.36 Å². The number of nitrogens with zero attached hydrogens (tertiary/aromatic N) is 1. The van der Waals surface area contributed by atoms with Gasteiger partial charge in [0.15, 0.2) is 15.5 Å². The Labute approximate surface area is 71.9 Å². The number of hydrogen-bond acceptors (Lipinski definition) is 4. The zero-order valence-electron chi connectivity index (χ0n) is 5.40. The fourth-order valence-electron chi connectivity index (χ4n) is 0.748. The average molecular weight is 184 g/mol. The summed E-state index contributed by atoms with van der Waals surface area (Å²) in [6, 6.07) is 3.64. The largest absolute Gasteiger partial charge is 0.461 e. The van der Waals surface area contributed by atoms with E-state index in [1.54, 1.807) is 6.26 Å². The van der Waals surface area contributed by atoms with Crippen LogP contribution in [0.1, 0.15) is 0 Å². The van der Waals surface area contributed by atoms with Gasteiger partial charge in [-0.05, 0) is 35.9 Å². The lowest BCUT2D eigenvalue weighted by molar-refractivity contribution is 0.578. The number of aromatic amines is 1. The Morgan fingerprint density at radius 1 is 1.64 bits per heavy atom. The predicted molar refractivity (Wildman–Crippen MR) is 45.0 cm³/mol. The highest BCUT2D eigenvalue weighted by Gasteiger charge is 2.02. The maximum absolute atomic E-state index is 5.10. The molecular formula is C6H4N2OS2. The van der Waals surface area contributed by atoms with Crippen molar-refractivity contribution < 1.29 is 4.42 Å². The van der Waals surface area contributed by atoms with Crippen molar-refractivity contribution in [3.63, 3.8) is 0 Å². The molecule has 1 N–H and O–H groups in total. The minimum Gasteiger partial charge on any atom is -0.461 e. The molecule has 0 aliphatic heterocycles. The minimum absolute atomic E-state index is 0.594. The van der Waals surface area contributed by atoms with E-state index in [0.717, 1.165) is 5.76 Å². The molecule has 0 bridgehead atoms. The summed E-state index contributed by atoms with van der Waals surface area (Å²) in [7, 11) is 0. The van der Waals surface area contributed by atoms with Crippen LogP contribution in [-0.2, 0) is 0 Å². The van der Waals surface area contributed by atoms with Crippen LogP contribution in [0.4, 0.5) is 0 Å². The number of rotatable bonds is 1. The summed E-state index contributed by atoms with van der Waals surface area (Å²) >= 11 is 6.16. The summed E-state index contributed by atoms with van der Waals surface area (Å²) in [6.45, 7) is 0. The molecule has 0 saturated heterocycles. The zero-order chi connectivity index (χ0) is 7.68. The molecule has 56 valence electrons. The third kappa shape index (κ3) is 1.24. The summed E-state index contributed by atoms with van der Waals surface area (Å²) in [4.78, 5) is 4.04. The fraction of sp³-hybridized carbons (Fsp3) is 0. The minimum atomic E-state index is 0.594. The molecule has 0 unspecified atom stereocenters. The van der Waals surface area contributed by atoms with Crippen molar-refractivity contribution >= 4 is 23.8 Å². The monoisotopic (exact) mass is 184 g/mol. The second kappa shape index (κ2) is 2.60. The van der Waals surface area contributed by atoms with Crippen LogP contribution in [0.3, 0.4) is 0 Å². The van der Waals surface area contributed by atoms with Gasteiger partial charge in [0, 0.05) is 0 Å². The van der Waals surface area contributed by atoms with Gasteiger partial charge in [-0.2, -0.15) is 0 Å². The highest BCUT2D eigenvalue weighted by molar-refractivity contribution is 7.73. The SMILES string of the molecule is S=c1nc(-c2ccco2)[nH]s1. The Bertz CT molecular complexity index is 387. The Morgan fingerprint density at radius 2 is 2.55 bits per heavy atom. The van der Waals surface area contributed by atoms with E-state index in [2.05, 4.69) is 9.36 Å². The van der Waals surface area contributed by atoms with Gasteiger partial charge in [-0.1, -0.05) is 0 Å². The molecule has 0 atom stereocenters. The number of aromatic nitrogens is 2. The normalized spacial score (nSPS) is 10.2.